The van der Waals surface area contributed by atoms with Gasteiger partial charge < -0.3 is 0 Å². The summed E-state index contributed by atoms with van der Waals surface area (Å²) in [5, 5.41) is 0. The predicted octanol–water partition coefficient (Wildman–Crippen LogP) is 2.04. The molecule has 0 bridgehead atoms. The second-order valence-electron chi connectivity index (χ2n) is 3.59. The van der Waals surface area contributed by atoms with E-state index in [1.807, 2.05) is 7.05 Å². The van der Waals surface area contributed by atoms with Crippen molar-refractivity contribution in [3.05, 3.63) is 42.5 Å². The first-order valence-electron chi connectivity index (χ1n) is 4.63. The largest absolute Gasteiger partial charge is 0.188 e. The van der Waals surface area contributed by atoms with E-state index in [9.17, 15) is 0 Å². The molecule has 0 saturated heterocycles. The van der Waals surface area contributed by atoms with Gasteiger partial charge in [-0.3, -0.25) is 0 Å². The Balaban J connectivity index is 2.13. The van der Waals surface area contributed by atoms with Crippen molar-refractivity contribution in [3.63, 3.8) is 0 Å². The molecule has 0 aromatic heterocycles. The maximum Gasteiger partial charge on any atom is 0.169 e. The molecule has 2 unspecified atom stereocenters. The molecule has 66 valence electrons. The van der Waals surface area contributed by atoms with Gasteiger partial charge in [0.05, 0.1) is 5.92 Å². The van der Waals surface area contributed by atoms with E-state index in [1.54, 1.807) is 0 Å². The van der Waals surface area contributed by atoms with E-state index in [1.165, 1.54) is 12.0 Å². The van der Waals surface area contributed by atoms with E-state index >= 15 is 0 Å². The van der Waals surface area contributed by atoms with Gasteiger partial charge in [-0.25, -0.2) is 0 Å². The van der Waals surface area contributed by atoms with Gasteiger partial charge in [-0.1, -0.05) is 30.3 Å². The summed E-state index contributed by atoms with van der Waals surface area (Å²) in [6, 6.07) is 11.3. The van der Waals surface area contributed by atoms with Crippen LogP contribution in [0.2, 0.25) is 0 Å². The highest BCUT2D eigenvalue weighted by Gasteiger charge is 2.46. The standard InChI is InChI=1S/C12H14N/c1-3-13(2)12-9-11(12)10-7-5-4-6-8-10/h4-8,11-12H,1,9H2,2H3/q+1. The van der Waals surface area contributed by atoms with Crippen LogP contribution < -0.4 is 0 Å². The lowest BCUT2D eigenvalue weighted by atomic mass is 10.1. The molecule has 1 aliphatic rings. The molecule has 2 rings (SSSR count). The number of benzene rings is 1. The third kappa shape index (κ3) is 1.56. The fraction of sp³-hybridized carbons (Fsp3) is 0.333. The normalized spacial score (nSPS) is 25.0. The molecule has 1 aromatic carbocycles. The van der Waals surface area contributed by atoms with Crippen molar-refractivity contribution in [2.75, 3.05) is 7.05 Å². The number of nitrogens with zero attached hydrogens (tertiary/aromatic N) is 1. The summed E-state index contributed by atoms with van der Waals surface area (Å²) in [5.41, 5.74) is 1.44. The van der Waals surface area contributed by atoms with E-state index in [-0.39, 0.29) is 0 Å². The van der Waals surface area contributed by atoms with Gasteiger partial charge in [-0.2, -0.15) is 4.58 Å². The fourth-order valence-electron chi connectivity index (χ4n) is 1.79. The van der Waals surface area contributed by atoms with E-state index < -0.39 is 0 Å². The van der Waals surface area contributed by atoms with Crippen LogP contribution >= 0.6 is 0 Å². The predicted molar refractivity (Wildman–Crippen MR) is 54.4 cm³/mol. The maximum absolute atomic E-state index is 3.65. The second-order valence-corrected chi connectivity index (χ2v) is 3.59. The molecule has 0 heterocycles. The van der Waals surface area contributed by atoms with Crippen molar-refractivity contribution in [2.24, 2.45) is 0 Å². The Morgan fingerprint density at radius 1 is 1.38 bits per heavy atom. The van der Waals surface area contributed by atoms with Gasteiger partial charge in [0, 0.05) is 13.0 Å². The highest BCUT2D eigenvalue weighted by Crippen LogP contribution is 2.42. The Kier molecular flexibility index (Phi) is 2.03. The smallest absolute Gasteiger partial charge is 0.169 e. The van der Waals surface area contributed by atoms with Crippen LogP contribution in [0.15, 0.2) is 36.9 Å². The zero-order valence-electron chi connectivity index (χ0n) is 7.90. The molecule has 13 heavy (non-hydrogen) atoms. The lowest BCUT2D eigenvalue weighted by molar-refractivity contribution is -0.506. The summed E-state index contributed by atoms with van der Waals surface area (Å²) >= 11 is 0. The van der Waals surface area contributed by atoms with Crippen molar-refractivity contribution >= 4 is 5.87 Å². The van der Waals surface area contributed by atoms with Gasteiger partial charge in [-0.15, -0.1) is 0 Å². The van der Waals surface area contributed by atoms with Crippen LogP contribution in [0.4, 0.5) is 0 Å². The Morgan fingerprint density at radius 2 is 2.08 bits per heavy atom. The summed E-state index contributed by atoms with van der Waals surface area (Å²) < 4.78 is 2.08. The van der Waals surface area contributed by atoms with Gasteiger partial charge in [0.25, 0.3) is 0 Å². The average Bonchev–Trinajstić information content (AvgIpc) is 2.98. The molecule has 1 nitrogen and oxygen atoms in total. The Hall–Kier alpha value is -1.33. The molecule has 1 aromatic rings. The van der Waals surface area contributed by atoms with Crippen LogP contribution in [0, 0.1) is 0 Å². The van der Waals surface area contributed by atoms with Gasteiger partial charge >= 0.3 is 0 Å². The molecular weight excluding hydrogens is 158 g/mol. The van der Waals surface area contributed by atoms with Crippen LogP contribution in [-0.2, 0) is 0 Å². The zero-order valence-corrected chi connectivity index (χ0v) is 7.90. The van der Waals surface area contributed by atoms with Crippen molar-refractivity contribution in [1.29, 1.82) is 0 Å². The van der Waals surface area contributed by atoms with E-state index in [0.29, 0.717) is 12.0 Å². The monoisotopic (exact) mass is 172 g/mol. The molecule has 0 amide bonds. The molecule has 2 atom stereocenters. The minimum atomic E-state index is 0.625. The van der Waals surface area contributed by atoms with Crippen LogP contribution in [0.3, 0.4) is 0 Å². The quantitative estimate of drug-likeness (QED) is 0.474. The number of rotatable bonds is 2. The Bertz CT molecular complexity index is 347. The molecule has 0 N–H and O–H groups in total. The third-order valence-corrected chi connectivity index (χ3v) is 2.73. The van der Waals surface area contributed by atoms with Crippen molar-refractivity contribution in [1.82, 2.24) is 0 Å². The topological polar surface area (TPSA) is 3.01 Å². The van der Waals surface area contributed by atoms with Gasteiger partial charge in [0.15, 0.2) is 11.9 Å². The van der Waals surface area contributed by atoms with Crippen LogP contribution in [0.25, 0.3) is 0 Å². The molecule has 1 saturated carbocycles. The minimum absolute atomic E-state index is 0.625. The molecule has 0 spiro atoms. The molecule has 0 aliphatic heterocycles. The summed E-state index contributed by atoms with van der Waals surface area (Å²) in [6.07, 6.45) is 1.24. The van der Waals surface area contributed by atoms with Crippen LogP contribution in [0.5, 0.6) is 0 Å². The highest BCUT2D eigenvalue weighted by molar-refractivity contribution is 5.40. The van der Waals surface area contributed by atoms with Crippen LogP contribution in [0.1, 0.15) is 17.9 Å². The Morgan fingerprint density at radius 3 is 2.69 bits per heavy atom. The molecular formula is C12H14N+. The lowest BCUT2D eigenvalue weighted by Gasteiger charge is -1.95. The first-order chi connectivity index (χ1) is 6.33. The summed E-state index contributed by atoms with van der Waals surface area (Å²) in [5.74, 6) is 3.60. The highest BCUT2D eigenvalue weighted by atomic mass is 15.0. The number of hydrogen-bond donors (Lipinski definition) is 0. The van der Waals surface area contributed by atoms with E-state index in [4.69, 9.17) is 0 Å². The van der Waals surface area contributed by atoms with Crippen LogP contribution in [-0.4, -0.2) is 23.5 Å². The SMILES string of the molecule is C=C=[N+](C)C1CC1c1ccccc1. The third-order valence-electron chi connectivity index (χ3n) is 2.73. The summed E-state index contributed by atoms with van der Waals surface area (Å²) in [7, 11) is 2.04. The molecule has 1 fully saturated rings. The minimum Gasteiger partial charge on any atom is -0.188 e. The Labute approximate surface area is 79.0 Å². The first kappa shape index (κ1) is 8.28. The first-order valence-corrected chi connectivity index (χ1v) is 4.63. The molecule has 1 heteroatoms. The van der Waals surface area contributed by atoms with E-state index in [2.05, 4.69) is 47.4 Å². The van der Waals surface area contributed by atoms with Crippen molar-refractivity contribution < 1.29 is 4.58 Å². The number of likely N-dealkylation sites (N-methyl/N-ethyl adjacent to an activating group) is 1. The summed E-state index contributed by atoms with van der Waals surface area (Å²) in [6.45, 7) is 3.65. The van der Waals surface area contributed by atoms with E-state index in [0.717, 1.165) is 0 Å². The maximum atomic E-state index is 3.65. The number of hydrogen-bond acceptors (Lipinski definition) is 0. The fourth-order valence-corrected chi connectivity index (χ4v) is 1.79. The zero-order chi connectivity index (χ0) is 9.26. The molecule has 0 radical (unpaired) electrons. The van der Waals surface area contributed by atoms with Gasteiger partial charge in [0.2, 0.25) is 0 Å². The van der Waals surface area contributed by atoms with Crippen molar-refractivity contribution in [2.45, 2.75) is 18.4 Å². The van der Waals surface area contributed by atoms with Crippen molar-refractivity contribution in [3.8, 4) is 0 Å². The average molecular weight is 172 g/mol. The second kappa shape index (κ2) is 3.20. The summed E-state index contributed by atoms with van der Waals surface area (Å²) in [4.78, 5) is 0. The lowest BCUT2D eigenvalue weighted by Crippen LogP contribution is -2.07. The van der Waals surface area contributed by atoms with Gasteiger partial charge in [-0.05, 0) is 5.56 Å². The molecule has 1 aliphatic carbocycles. The van der Waals surface area contributed by atoms with Gasteiger partial charge in [0.1, 0.15) is 7.05 Å².